The van der Waals surface area contributed by atoms with Gasteiger partial charge in [-0.05, 0) is 54.6 Å². The minimum absolute atomic E-state index is 0.187. The zero-order valence-electron chi connectivity index (χ0n) is 15.5. The maximum atomic E-state index is 13.7. The Hall–Kier alpha value is -2.54. The van der Waals surface area contributed by atoms with Gasteiger partial charge < -0.3 is 4.74 Å². The van der Waals surface area contributed by atoms with Crippen LogP contribution in [0, 0.1) is 5.82 Å². The van der Waals surface area contributed by atoms with E-state index in [9.17, 15) is 9.18 Å². The van der Waals surface area contributed by atoms with Crippen molar-refractivity contribution < 1.29 is 9.13 Å². The van der Waals surface area contributed by atoms with E-state index in [0.717, 1.165) is 0 Å². The smallest absolute Gasteiger partial charge is 0.266 e. The Bertz CT molecular complexity index is 1260. The zero-order valence-corrected chi connectivity index (χ0v) is 17.8. The van der Waals surface area contributed by atoms with Gasteiger partial charge in [0.15, 0.2) is 16.7 Å². The van der Waals surface area contributed by atoms with Crippen LogP contribution in [-0.4, -0.2) is 21.9 Å². The molecule has 0 radical (unpaired) electrons. The highest BCUT2D eigenvalue weighted by Crippen LogP contribution is 2.24. The van der Waals surface area contributed by atoms with Crippen LogP contribution in [0.15, 0.2) is 76.7 Å². The summed E-state index contributed by atoms with van der Waals surface area (Å²) in [4.78, 5) is 17.8. The summed E-state index contributed by atoms with van der Waals surface area (Å²) in [7, 11) is 0. The molecule has 1 heterocycles. The zero-order chi connectivity index (χ0) is 21.1. The fraction of sp³-hybridized carbons (Fsp3) is 0.0909. The van der Waals surface area contributed by atoms with Gasteiger partial charge in [-0.1, -0.05) is 47.1 Å². The van der Waals surface area contributed by atoms with Crippen LogP contribution in [0.3, 0.4) is 0 Å². The molecule has 4 nitrogen and oxygen atoms in total. The summed E-state index contributed by atoms with van der Waals surface area (Å²) in [5.41, 5.74) is 0.943. The van der Waals surface area contributed by atoms with E-state index in [-0.39, 0.29) is 17.9 Å². The van der Waals surface area contributed by atoms with E-state index in [1.807, 2.05) is 0 Å². The molecule has 0 atom stereocenters. The van der Waals surface area contributed by atoms with E-state index in [0.29, 0.717) is 37.5 Å². The highest BCUT2D eigenvalue weighted by molar-refractivity contribution is 7.99. The van der Waals surface area contributed by atoms with Gasteiger partial charge in [0.2, 0.25) is 0 Å². The molecule has 3 aromatic carbocycles. The molecule has 0 N–H and O–H groups in total. The van der Waals surface area contributed by atoms with Gasteiger partial charge in [0, 0.05) is 15.8 Å². The van der Waals surface area contributed by atoms with Gasteiger partial charge in [0.25, 0.3) is 5.56 Å². The first-order valence-electron chi connectivity index (χ1n) is 9.01. The second-order valence-corrected chi connectivity index (χ2v) is 8.24. The number of thioether (sulfide) groups is 1. The summed E-state index contributed by atoms with van der Waals surface area (Å²) in [5.74, 6) is 0.228. The highest BCUT2D eigenvalue weighted by Gasteiger charge is 2.14. The van der Waals surface area contributed by atoms with Crippen molar-refractivity contribution in [1.82, 2.24) is 9.55 Å². The van der Waals surface area contributed by atoms with Crippen molar-refractivity contribution in [1.29, 1.82) is 0 Å². The van der Waals surface area contributed by atoms with E-state index in [2.05, 4.69) is 4.98 Å². The first kappa shape index (κ1) is 20.7. The lowest BCUT2D eigenvalue weighted by atomic mass is 10.2. The minimum Gasteiger partial charge on any atom is -0.490 e. The van der Waals surface area contributed by atoms with Crippen LogP contribution in [0.4, 0.5) is 4.39 Å². The largest absolute Gasteiger partial charge is 0.490 e. The molecule has 1 aromatic heterocycles. The number of para-hydroxylation sites is 1. The molecule has 0 aliphatic carbocycles. The maximum Gasteiger partial charge on any atom is 0.266 e. The summed E-state index contributed by atoms with van der Waals surface area (Å²) in [6, 6.07) is 18.1. The van der Waals surface area contributed by atoms with Gasteiger partial charge in [-0.2, -0.15) is 0 Å². The lowest BCUT2D eigenvalue weighted by molar-refractivity contribution is 0.325. The van der Waals surface area contributed by atoms with Gasteiger partial charge in [-0.25, -0.2) is 9.37 Å². The van der Waals surface area contributed by atoms with Crippen LogP contribution < -0.4 is 10.3 Å². The standard InChI is InChI=1S/C22H15Cl2FN2O2S/c23-14-5-8-16(9-6-14)27-21(28)17-10-7-15(24)13-19(17)26-22(27)30-12-11-29-20-4-2-1-3-18(20)25/h1-10,13H,11-12H2. The third-order valence-electron chi connectivity index (χ3n) is 4.29. The monoisotopic (exact) mass is 460 g/mol. The topological polar surface area (TPSA) is 44.1 Å². The Balaban J connectivity index is 1.66. The first-order chi connectivity index (χ1) is 14.5. The van der Waals surface area contributed by atoms with Crippen molar-refractivity contribution >= 4 is 45.9 Å². The van der Waals surface area contributed by atoms with Crippen molar-refractivity contribution in [2.75, 3.05) is 12.4 Å². The first-order valence-corrected chi connectivity index (χ1v) is 10.8. The van der Waals surface area contributed by atoms with Crippen LogP contribution in [0.5, 0.6) is 5.75 Å². The van der Waals surface area contributed by atoms with E-state index < -0.39 is 5.82 Å². The molecule has 152 valence electrons. The third kappa shape index (κ3) is 4.46. The molecule has 0 bridgehead atoms. The number of nitrogens with zero attached hydrogens (tertiary/aromatic N) is 2. The van der Waals surface area contributed by atoms with Crippen molar-refractivity contribution in [2.45, 2.75) is 5.16 Å². The number of ether oxygens (including phenoxy) is 1. The Morgan fingerprint density at radius 1 is 1.00 bits per heavy atom. The number of rotatable bonds is 6. The van der Waals surface area contributed by atoms with Gasteiger partial charge in [0.1, 0.15) is 0 Å². The quantitative estimate of drug-likeness (QED) is 0.201. The number of benzene rings is 3. The van der Waals surface area contributed by atoms with Crippen LogP contribution in [0.1, 0.15) is 0 Å². The fourth-order valence-corrected chi connectivity index (χ4v) is 4.02. The molecule has 4 rings (SSSR count). The molecule has 0 saturated carbocycles. The molecule has 0 aliphatic rings. The van der Waals surface area contributed by atoms with Crippen molar-refractivity contribution in [3.8, 4) is 11.4 Å². The van der Waals surface area contributed by atoms with E-state index in [4.69, 9.17) is 27.9 Å². The van der Waals surface area contributed by atoms with Crippen LogP contribution in [0.25, 0.3) is 16.6 Å². The molecule has 0 unspecified atom stereocenters. The Labute approximate surface area is 186 Å². The number of aromatic nitrogens is 2. The van der Waals surface area contributed by atoms with Crippen molar-refractivity contribution in [3.63, 3.8) is 0 Å². The number of hydrogen-bond donors (Lipinski definition) is 0. The number of fused-ring (bicyclic) bond motifs is 1. The molecule has 30 heavy (non-hydrogen) atoms. The van der Waals surface area contributed by atoms with E-state index in [1.165, 1.54) is 22.4 Å². The summed E-state index contributed by atoms with van der Waals surface area (Å²) in [5, 5.41) is 2.01. The second-order valence-electron chi connectivity index (χ2n) is 6.30. The molecule has 0 fully saturated rings. The fourth-order valence-electron chi connectivity index (χ4n) is 2.90. The molecule has 0 spiro atoms. The van der Waals surface area contributed by atoms with Crippen molar-refractivity contribution in [2.24, 2.45) is 0 Å². The lowest BCUT2D eigenvalue weighted by Crippen LogP contribution is -2.22. The van der Waals surface area contributed by atoms with Gasteiger partial charge in [0.05, 0.1) is 23.2 Å². The number of hydrogen-bond acceptors (Lipinski definition) is 4. The third-order valence-corrected chi connectivity index (χ3v) is 5.68. The lowest BCUT2D eigenvalue weighted by Gasteiger charge is -2.14. The molecule has 0 aliphatic heterocycles. The average Bonchev–Trinajstić information content (AvgIpc) is 2.73. The molecule has 8 heteroatoms. The molecular formula is C22H15Cl2FN2O2S. The Kier molecular flexibility index (Phi) is 6.27. The average molecular weight is 461 g/mol. The van der Waals surface area contributed by atoms with Gasteiger partial charge in [-0.3, -0.25) is 9.36 Å². The SMILES string of the molecule is O=c1c2ccc(Cl)cc2nc(SCCOc2ccccc2F)n1-c1ccc(Cl)cc1. The van der Waals surface area contributed by atoms with Gasteiger partial charge >= 0.3 is 0 Å². The Morgan fingerprint density at radius 3 is 2.50 bits per heavy atom. The molecule has 0 saturated heterocycles. The van der Waals surface area contributed by atoms with Gasteiger partial charge in [-0.15, -0.1) is 0 Å². The molecule has 4 aromatic rings. The molecule has 0 amide bonds. The second kappa shape index (κ2) is 9.08. The summed E-state index contributed by atoms with van der Waals surface area (Å²) in [6.45, 7) is 0.246. The maximum absolute atomic E-state index is 13.7. The highest BCUT2D eigenvalue weighted by atomic mass is 35.5. The van der Waals surface area contributed by atoms with Crippen molar-refractivity contribution in [3.05, 3.63) is 92.9 Å². The summed E-state index contributed by atoms with van der Waals surface area (Å²) in [6.07, 6.45) is 0. The summed E-state index contributed by atoms with van der Waals surface area (Å²) < 4.78 is 20.7. The van der Waals surface area contributed by atoms with E-state index in [1.54, 1.807) is 60.7 Å². The van der Waals surface area contributed by atoms with Crippen LogP contribution in [-0.2, 0) is 0 Å². The van der Waals surface area contributed by atoms with Crippen LogP contribution in [0.2, 0.25) is 10.0 Å². The molecular weight excluding hydrogens is 446 g/mol. The normalized spacial score (nSPS) is 11.0. The predicted molar refractivity (Wildman–Crippen MR) is 120 cm³/mol. The minimum atomic E-state index is -0.418. The number of halogens is 3. The van der Waals surface area contributed by atoms with Crippen LogP contribution >= 0.6 is 35.0 Å². The Morgan fingerprint density at radius 2 is 1.73 bits per heavy atom. The summed E-state index contributed by atoms with van der Waals surface area (Å²) >= 11 is 13.4. The van der Waals surface area contributed by atoms with E-state index >= 15 is 0 Å². The predicted octanol–water partition coefficient (Wildman–Crippen LogP) is 6.00.